The molecule has 1 N–H and O–H groups in total. The van der Waals surface area contributed by atoms with E-state index in [1.54, 1.807) is 0 Å². The highest BCUT2D eigenvalue weighted by molar-refractivity contribution is 6.28. The van der Waals surface area contributed by atoms with Crippen LogP contribution in [0.25, 0.3) is 0 Å². The molecule has 108 valence electrons. The zero-order valence-electron chi connectivity index (χ0n) is 11.3. The summed E-state index contributed by atoms with van der Waals surface area (Å²) in [4.78, 5) is 6.91. The van der Waals surface area contributed by atoms with Crippen LogP contribution >= 0.6 is 11.6 Å². The third-order valence-corrected chi connectivity index (χ3v) is 3.23. The average Bonchev–Trinajstić information content (AvgIpc) is 2.22. The summed E-state index contributed by atoms with van der Waals surface area (Å²) in [6, 6.07) is 0.862. The Hall–Kier alpha value is -1.04. The first-order chi connectivity index (χ1) is 8.50. The van der Waals surface area contributed by atoms with E-state index in [-0.39, 0.29) is 17.2 Å². The standard InChI is InChI=1S/C12H17ClF3N3/c1-7(11(2,3)4)6-17-9-5-8(12(14,15)16)18-10(13)19-9/h5,7H,6H2,1-4H3,(H,17,18,19). The van der Waals surface area contributed by atoms with Crippen molar-refractivity contribution in [2.24, 2.45) is 11.3 Å². The number of hydrogen-bond acceptors (Lipinski definition) is 3. The fourth-order valence-corrected chi connectivity index (χ4v) is 1.40. The normalized spacial score (nSPS) is 14.3. The Labute approximate surface area is 115 Å². The first kappa shape index (κ1) is 16.0. The van der Waals surface area contributed by atoms with Crippen molar-refractivity contribution in [3.05, 3.63) is 17.0 Å². The molecule has 1 aromatic heterocycles. The molecule has 0 fully saturated rings. The van der Waals surface area contributed by atoms with E-state index in [1.807, 2.05) is 6.92 Å². The molecule has 1 heterocycles. The molecular weight excluding hydrogens is 279 g/mol. The van der Waals surface area contributed by atoms with Crippen LogP contribution in [0.2, 0.25) is 5.28 Å². The highest BCUT2D eigenvalue weighted by atomic mass is 35.5. The highest BCUT2D eigenvalue weighted by Crippen LogP contribution is 2.30. The number of nitrogens with zero attached hydrogens (tertiary/aromatic N) is 2. The van der Waals surface area contributed by atoms with Crippen molar-refractivity contribution < 1.29 is 13.2 Å². The average molecular weight is 296 g/mol. The van der Waals surface area contributed by atoms with Gasteiger partial charge < -0.3 is 5.32 Å². The predicted octanol–water partition coefficient (Wildman–Crippen LogP) is 4.24. The SMILES string of the molecule is CC(CNc1cc(C(F)(F)F)nc(Cl)n1)C(C)(C)C. The molecule has 1 aromatic rings. The van der Waals surface area contributed by atoms with Crippen molar-refractivity contribution in [1.29, 1.82) is 0 Å². The van der Waals surface area contributed by atoms with Gasteiger partial charge in [-0.3, -0.25) is 0 Å². The molecule has 1 rings (SSSR count). The van der Waals surface area contributed by atoms with Crippen LogP contribution in [0.5, 0.6) is 0 Å². The van der Waals surface area contributed by atoms with Gasteiger partial charge in [-0.05, 0) is 22.9 Å². The Morgan fingerprint density at radius 1 is 1.26 bits per heavy atom. The molecule has 0 saturated carbocycles. The molecule has 1 atom stereocenters. The van der Waals surface area contributed by atoms with Crippen molar-refractivity contribution in [2.45, 2.75) is 33.9 Å². The summed E-state index contributed by atoms with van der Waals surface area (Å²) < 4.78 is 37.7. The summed E-state index contributed by atoms with van der Waals surface area (Å²) in [6.45, 7) is 8.71. The molecule has 0 aliphatic rings. The van der Waals surface area contributed by atoms with Gasteiger partial charge in [0.05, 0.1) is 0 Å². The smallest absolute Gasteiger partial charge is 0.370 e. The number of nitrogens with one attached hydrogen (secondary N) is 1. The molecule has 0 aliphatic carbocycles. The lowest BCUT2D eigenvalue weighted by atomic mass is 9.82. The lowest BCUT2D eigenvalue weighted by Crippen LogP contribution is -2.25. The summed E-state index contributed by atoms with van der Waals surface area (Å²) in [7, 11) is 0. The number of aromatic nitrogens is 2. The van der Waals surface area contributed by atoms with Gasteiger partial charge in [-0.1, -0.05) is 27.7 Å². The van der Waals surface area contributed by atoms with Gasteiger partial charge in [0.15, 0.2) is 5.69 Å². The van der Waals surface area contributed by atoms with Gasteiger partial charge in [0.1, 0.15) is 5.82 Å². The van der Waals surface area contributed by atoms with Crippen LogP contribution in [-0.2, 0) is 6.18 Å². The Balaban J connectivity index is 2.83. The van der Waals surface area contributed by atoms with Crippen molar-refractivity contribution in [1.82, 2.24) is 9.97 Å². The van der Waals surface area contributed by atoms with Gasteiger partial charge in [-0.2, -0.15) is 13.2 Å². The Kier molecular flexibility index (Phi) is 4.66. The Bertz CT molecular complexity index is 441. The van der Waals surface area contributed by atoms with Crippen LogP contribution < -0.4 is 5.32 Å². The molecule has 0 aromatic carbocycles. The zero-order valence-corrected chi connectivity index (χ0v) is 12.0. The van der Waals surface area contributed by atoms with E-state index >= 15 is 0 Å². The first-order valence-electron chi connectivity index (χ1n) is 5.86. The topological polar surface area (TPSA) is 37.8 Å². The van der Waals surface area contributed by atoms with Gasteiger partial charge >= 0.3 is 6.18 Å². The lowest BCUT2D eigenvalue weighted by molar-refractivity contribution is -0.141. The third-order valence-electron chi connectivity index (χ3n) is 3.06. The van der Waals surface area contributed by atoms with E-state index in [4.69, 9.17) is 11.6 Å². The minimum absolute atomic E-state index is 0.0523. The van der Waals surface area contributed by atoms with Crippen molar-refractivity contribution in [3.63, 3.8) is 0 Å². The molecule has 0 amide bonds. The number of halogens is 4. The van der Waals surface area contributed by atoms with E-state index < -0.39 is 17.2 Å². The minimum atomic E-state index is -4.53. The van der Waals surface area contributed by atoms with Gasteiger partial charge in [0.2, 0.25) is 5.28 Å². The van der Waals surface area contributed by atoms with E-state index in [0.29, 0.717) is 6.54 Å². The summed E-state index contributed by atoms with van der Waals surface area (Å²) in [5.74, 6) is 0.346. The monoisotopic (exact) mass is 295 g/mol. The summed E-state index contributed by atoms with van der Waals surface area (Å²) >= 11 is 5.50. The number of alkyl halides is 3. The lowest BCUT2D eigenvalue weighted by Gasteiger charge is -2.27. The Morgan fingerprint density at radius 2 is 1.84 bits per heavy atom. The van der Waals surface area contributed by atoms with Crippen LogP contribution in [0.15, 0.2) is 6.07 Å². The number of rotatable bonds is 3. The highest BCUT2D eigenvalue weighted by Gasteiger charge is 2.33. The molecular formula is C12H17ClF3N3. The molecule has 0 radical (unpaired) electrons. The molecule has 0 saturated heterocycles. The van der Waals surface area contributed by atoms with Gasteiger partial charge in [0, 0.05) is 12.6 Å². The molecule has 1 unspecified atom stereocenters. The van der Waals surface area contributed by atoms with E-state index in [0.717, 1.165) is 6.07 Å². The summed E-state index contributed by atoms with van der Waals surface area (Å²) in [6.07, 6.45) is -4.53. The fraction of sp³-hybridized carbons (Fsp3) is 0.667. The van der Waals surface area contributed by atoms with Crippen molar-refractivity contribution in [2.75, 3.05) is 11.9 Å². The quantitative estimate of drug-likeness (QED) is 0.847. The van der Waals surface area contributed by atoms with Gasteiger partial charge in [-0.25, -0.2) is 9.97 Å². The maximum Gasteiger partial charge on any atom is 0.433 e. The molecule has 0 bridgehead atoms. The van der Waals surface area contributed by atoms with Crippen LogP contribution in [-0.4, -0.2) is 16.5 Å². The largest absolute Gasteiger partial charge is 0.433 e. The third kappa shape index (κ3) is 4.86. The van der Waals surface area contributed by atoms with E-state index in [9.17, 15) is 13.2 Å². The van der Waals surface area contributed by atoms with Crippen LogP contribution in [0.4, 0.5) is 19.0 Å². The molecule has 3 nitrogen and oxygen atoms in total. The molecule has 19 heavy (non-hydrogen) atoms. The van der Waals surface area contributed by atoms with E-state index in [1.165, 1.54) is 0 Å². The molecule has 7 heteroatoms. The predicted molar refractivity (Wildman–Crippen MR) is 69.2 cm³/mol. The molecule has 0 aliphatic heterocycles. The zero-order chi connectivity index (χ0) is 14.8. The van der Waals surface area contributed by atoms with E-state index in [2.05, 4.69) is 36.1 Å². The van der Waals surface area contributed by atoms with Crippen LogP contribution in [0, 0.1) is 11.3 Å². The van der Waals surface area contributed by atoms with Gasteiger partial charge in [0.25, 0.3) is 0 Å². The summed E-state index contributed by atoms with van der Waals surface area (Å²) in [5, 5.41) is 2.45. The minimum Gasteiger partial charge on any atom is -0.370 e. The second-order valence-corrected chi connectivity index (χ2v) is 5.89. The Morgan fingerprint density at radius 3 is 2.32 bits per heavy atom. The van der Waals surface area contributed by atoms with Crippen molar-refractivity contribution >= 4 is 17.4 Å². The maximum atomic E-state index is 12.6. The number of anilines is 1. The molecule has 0 spiro atoms. The van der Waals surface area contributed by atoms with Gasteiger partial charge in [-0.15, -0.1) is 0 Å². The second-order valence-electron chi connectivity index (χ2n) is 5.55. The second kappa shape index (κ2) is 5.53. The number of hydrogen-bond donors (Lipinski definition) is 1. The van der Waals surface area contributed by atoms with Crippen molar-refractivity contribution in [3.8, 4) is 0 Å². The maximum absolute atomic E-state index is 12.6. The van der Waals surface area contributed by atoms with Crippen LogP contribution in [0.1, 0.15) is 33.4 Å². The van der Waals surface area contributed by atoms with Crippen LogP contribution in [0.3, 0.4) is 0 Å². The first-order valence-corrected chi connectivity index (χ1v) is 6.23. The fourth-order valence-electron chi connectivity index (χ4n) is 1.22. The summed E-state index contributed by atoms with van der Waals surface area (Å²) in [5.41, 5.74) is -0.991.